The molecule has 0 aliphatic carbocycles. The predicted octanol–water partition coefficient (Wildman–Crippen LogP) is 4.43. The third-order valence-electron chi connectivity index (χ3n) is 3.33. The molecule has 2 aromatic carbocycles. The van der Waals surface area contributed by atoms with Crippen LogP contribution in [0.4, 0.5) is 5.69 Å². The van der Waals surface area contributed by atoms with E-state index in [1.165, 1.54) is 0 Å². The summed E-state index contributed by atoms with van der Waals surface area (Å²) in [6.07, 6.45) is 2.69. The lowest BCUT2D eigenvalue weighted by Crippen LogP contribution is -2.11. The van der Waals surface area contributed by atoms with Gasteiger partial charge in [-0.15, -0.1) is 6.58 Å². The average Bonchev–Trinajstić information content (AvgIpc) is 2.54. The number of anilines is 1. The maximum Gasteiger partial charge on any atom is 0.165 e. The number of benzene rings is 2. The quantitative estimate of drug-likeness (QED) is 0.762. The Morgan fingerprint density at radius 3 is 2.43 bits per heavy atom. The van der Waals surface area contributed by atoms with E-state index < -0.39 is 0 Å². The van der Waals surface area contributed by atoms with E-state index in [-0.39, 0.29) is 6.04 Å². The van der Waals surface area contributed by atoms with Gasteiger partial charge in [-0.3, -0.25) is 0 Å². The van der Waals surface area contributed by atoms with Crippen LogP contribution in [0.2, 0.25) is 0 Å². The van der Waals surface area contributed by atoms with Crippen molar-refractivity contribution >= 4 is 5.69 Å². The lowest BCUT2D eigenvalue weighted by atomic mass is 10.0. The van der Waals surface area contributed by atoms with Gasteiger partial charge in [-0.1, -0.05) is 36.4 Å². The van der Waals surface area contributed by atoms with E-state index in [1.54, 1.807) is 14.2 Å². The summed E-state index contributed by atoms with van der Waals surface area (Å²) in [6, 6.07) is 16.1. The Balaban J connectivity index is 2.36. The minimum atomic E-state index is 0.0787. The van der Waals surface area contributed by atoms with E-state index in [0.717, 1.165) is 29.2 Å². The molecule has 0 aliphatic rings. The molecule has 1 atom stereocenters. The van der Waals surface area contributed by atoms with Gasteiger partial charge in [-0.2, -0.15) is 0 Å². The van der Waals surface area contributed by atoms with Gasteiger partial charge >= 0.3 is 0 Å². The smallest absolute Gasteiger partial charge is 0.165 e. The highest BCUT2D eigenvalue weighted by atomic mass is 16.5. The van der Waals surface area contributed by atoms with Crippen molar-refractivity contribution < 1.29 is 9.47 Å². The standard InChI is InChI=1S/C18H21NO2/c1-4-9-16(19-14-10-6-5-7-11-14)15-12-8-13-17(20-2)18(15)21-3/h4-8,10-13,16,19H,1,9H2,2-3H3/t16-/m1/s1. The van der Waals surface area contributed by atoms with Crippen LogP contribution in [-0.4, -0.2) is 14.2 Å². The zero-order valence-electron chi connectivity index (χ0n) is 12.5. The first-order chi connectivity index (χ1) is 10.3. The van der Waals surface area contributed by atoms with E-state index in [1.807, 2.05) is 54.6 Å². The van der Waals surface area contributed by atoms with Gasteiger partial charge in [0, 0.05) is 11.3 Å². The molecule has 0 bridgehead atoms. The molecule has 0 amide bonds. The van der Waals surface area contributed by atoms with Crippen LogP contribution < -0.4 is 14.8 Å². The van der Waals surface area contributed by atoms with E-state index in [0.29, 0.717) is 0 Å². The molecule has 0 spiro atoms. The average molecular weight is 283 g/mol. The second-order valence-electron chi connectivity index (χ2n) is 4.67. The molecule has 2 rings (SSSR count). The van der Waals surface area contributed by atoms with Gasteiger partial charge in [0.2, 0.25) is 0 Å². The van der Waals surface area contributed by atoms with Crippen molar-refractivity contribution in [2.45, 2.75) is 12.5 Å². The van der Waals surface area contributed by atoms with Gasteiger partial charge in [0.15, 0.2) is 11.5 Å². The second-order valence-corrected chi connectivity index (χ2v) is 4.67. The topological polar surface area (TPSA) is 30.5 Å². The fraction of sp³-hybridized carbons (Fsp3) is 0.222. The summed E-state index contributed by atoms with van der Waals surface area (Å²) in [5.41, 5.74) is 2.12. The van der Waals surface area contributed by atoms with Crippen molar-refractivity contribution in [1.29, 1.82) is 0 Å². The Hall–Kier alpha value is -2.42. The van der Waals surface area contributed by atoms with Gasteiger partial charge in [0.1, 0.15) is 0 Å². The van der Waals surface area contributed by atoms with Crippen molar-refractivity contribution in [3.63, 3.8) is 0 Å². The molecule has 110 valence electrons. The maximum atomic E-state index is 5.53. The number of hydrogen-bond donors (Lipinski definition) is 1. The van der Waals surface area contributed by atoms with Crippen LogP contribution in [0.1, 0.15) is 18.0 Å². The van der Waals surface area contributed by atoms with Crippen LogP contribution >= 0.6 is 0 Å². The Morgan fingerprint density at radius 2 is 1.81 bits per heavy atom. The highest BCUT2D eigenvalue weighted by Gasteiger charge is 2.18. The monoisotopic (exact) mass is 283 g/mol. The summed E-state index contributed by atoms with van der Waals surface area (Å²) < 4.78 is 10.9. The van der Waals surface area contributed by atoms with Crippen LogP contribution in [0.3, 0.4) is 0 Å². The largest absolute Gasteiger partial charge is 0.493 e. The Kier molecular flexibility index (Phi) is 5.27. The lowest BCUT2D eigenvalue weighted by molar-refractivity contribution is 0.350. The first-order valence-corrected chi connectivity index (χ1v) is 6.93. The van der Waals surface area contributed by atoms with Crippen LogP contribution in [-0.2, 0) is 0 Å². The third-order valence-corrected chi connectivity index (χ3v) is 3.33. The van der Waals surface area contributed by atoms with E-state index in [9.17, 15) is 0 Å². The van der Waals surface area contributed by atoms with Crippen molar-refractivity contribution in [3.05, 3.63) is 66.7 Å². The Morgan fingerprint density at radius 1 is 1.05 bits per heavy atom. The summed E-state index contributed by atoms with van der Waals surface area (Å²) in [6.45, 7) is 3.85. The number of ether oxygens (including phenoxy) is 2. The predicted molar refractivity (Wildman–Crippen MR) is 87.2 cm³/mol. The number of methoxy groups -OCH3 is 2. The first kappa shape index (κ1) is 15.0. The molecule has 0 saturated carbocycles. The summed E-state index contributed by atoms with van der Waals surface area (Å²) in [5.74, 6) is 1.49. The van der Waals surface area contributed by atoms with Gasteiger partial charge in [-0.25, -0.2) is 0 Å². The number of para-hydroxylation sites is 2. The van der Waals surface area contributed by atoms with Crippen LogP contribution in [0.15, 0.2) is 61.2 Å². The van der Waals surface area contributed by atoms with Gasteiger partial charge in [0.05, 0.1) is 20.3 Å². The second kappa shape index (κ2) is 7.39. The normalized spacial score (nSPS) is 11.5. The van der Waals surface area contributed by atoms with Crippen molar-refractivity contribution in [2.75, 3.05) is 19.5 Å². The molecule has 3 nitrogen and oxygen atoms in total. The zero-order valence-corrected chi connectivity index (χ0v) is 12.5. The van der Waals surface area contributed by atoms with Crippen molar-refractivity contribution in [3.8, 4) is 11.5 Å². The lowest BCUT2D eigenvalue weighted by Gasteiger charge is -2.22. The van der Waals surface area contributed by atoms with Crippen molar-refractivity contribution in [2.24, 2.45) is 0 Å². The third kappa shape index (κ3) is 3.57. The molecule has 0 aliphatic heterocycles. The molecule has 1 N–H and O–H groups in total. The molecule has 21 heavy (non-hydrogen) atoms. The molecule has 0 heterocycles. The summed E-state index contributed by atoms with van der Waals surface area (Å²) in [4.78, 5) is 0. The number of rotatable bonds is 7. The highest BCUT2D eigenvalue weighted by molar-refractivity contribution is 5.52. The minimum Gasteiger partial charge on any atom is -0.493 e. The molecule has 3 heteroatoms. The van der Waals surface area contributed by atoms with E-state index in [2.05, 4.69) is 11.9 Å². The van der Waals surface area contributed by atoms with Crippen LogP contribution in [0.5, 0.6) is 11.5 Å². The molecule has 0 fully saturated rings. The highest BCUT2D eigenvalue weighted by Crippen LogP contribution is 2.37. The summed E-state index contributed by atoms with van der Waals surface area (Å²) in [7, 11) is 3.31. The van der Waals surface area contributed by atoms with Crippen LogP contribution in [0, 0.1) is 0 Å². The maximum absolute atomic E-state index is 5.53. The number of hydrogen-bond acceptors (Lipinski definition) is 3. The molecular weight excluding hydrogens is 262 g/mol. The fourth-order valence-corrected chi connectivity index (χ4v) is 2.35. The van der Waals surface area contributed by atoms with Crippen LogP contribution in [0.25, 0.3) is 0 Å². The Bertz CT molecular complexity index is 581. The summed E-state index contributed by atoms with van der Waals surface area (Å²) >= 11 is 0. The molecular formula is C18H21NO2. The number of nitrogens with one attached hydrogen (secondary N) is 1. The zero-order chi connectivity index (χ0) is 15.1. The minimum absolute atomic E-state index is 0.0787. The molecule has 0 radical (unpaired) electrons. The Labute approximate surface area is 126 Å². The van der Waals surface area contributed by atoms with Crippen molar-refractivity contribution in [1.82, 2.24) is 0 Å². The van der Waals surface area contributed by atoms with Gasteiger partial charge in [0.25, 0.3) is 0 Å². The van der Waals surface area contributed by atoms with Gasteiger partial charge < -0.3 is 14.8 Å². The SMILES string of the molecule is C=CC[C@@H](Nc1ccccc1)c1cccc(OC)c1OC. The molecule has 0 saturated heterocycles. The first-order valence-electron chi connectivity index (χ1n) is 6.93. The fourth-order valence-electron chi connectivity index (χ4n) is 2.35. The molecule has 2 aromatic rings. The van der Waals surface area contributed by atoms with E-state index in [4.69, 9.17) is 9.47 Å². The molecule has 0 aromatic heterocycles. The van der Waals surface area contributed by atoms with Gasteiger partial charge in [-0.05, 0) is 24.6 Å². The molecule has 0 unspecified atom stereocenters. The summed E-state index contributed by atoms with van der Waals surface area (Å²) in [5, 5.41) is 3.52. The van der Waals surface area contributed by atoms with E-state index >= 15 is 0 Å².